The summed E-state index contributed by atoms with van der Waals surface area (Å²) in [5.74, 6) is -0.306. The summed E-state index contributed by atoms with van der Waals surface area (Å²) >= 11 is 1.11. The maximum absolute atomic E-state index is 12.5. The minimum atomic E-state index is -3.72. The van der Waals surface area contributed by atoms with Gasteiger partial charge in [0.15, 0.2) is 0 Å². The van der Waals surface area contributed by atoms with Gasteiger partial charge in [0, 0.05) is 36.8 Å². The molecule has 0 spiro atoms. The Balaban J connectivity index is 1.70. The number of nitro benzene ring substituents is 1. The SMILES string of the molecule is Cc1ccc([N+](=O)[O-])cc1N(CCCC(=O)Nc1ccc2c(c1)sc(=O)n2C(C)C)S(C)(=O)=O. The van der Waals surface area contributed by atoms with Crippen LogP contribution in [0.4, 0.5) is 17.1 Å². The van der Waals surface area contributed by atoms with Crippen LogP contribution in [-0.2, 0) is 14.8 Å². The molecule has 1 aromatic heterocycles. The lowest BCUT2D eigenvalue weighted by atomic mass is 10.1. The van der Waals surface area contributed by atoms with Crippen molar-refractivity contribution in [3.8, 4) is 0 Å². The first kappa shape index (κ1) is 25.4. The third kappa shape index (κ3) is 5.62. The molecule has 1 amide bonds. The number of carbonyl (C=O) groups excluding carboxylic acids is 1. The number of benzene rings is 2. The Labute approximate surface area is 201 Å². The molecule has 0 radical (unpaired) electrons. The molecule has 0 fully saturated rings. The number of anilines is 2. The molecule has 34 heavy (non-hydrogen) atoms. The van der Waals surface area contributed by atoms with Crippen molar-refractivity contribution in [2.45, 2.75) is 39.7 Å². The maximum atomic E-state index is 12.5. The molecule has 1 N–H and O–H groups in total. The third-order valence-corrected chi connectivity index (χ3v) is 7.35. The number of rotatable bonds is 9. The second-order valence-electron chi connectivity index (χ2n) is 8.23. The Bertz CT molecular complexity index is 1410. The van der Waals surface area contributed by atoms with Crippen LogP contribution < -0.4 is 14.5 Å². The van der Waals surface area contributed by atoms with Gasteiger partial charge in [0.1, 0.15) is 0 Å². The number of hydrogen-bond acceptors (Lipinski definition) is 7. The first-order valence-electron chi connectivity index (χ1n) is 10.6. The van der Waals surface area contributed by atoms with Crippen LogP contribution in [0.25, 0.3) is 10.2 Å². The van der Waals surface area contributed by atoms with E-state index in [1.165, 1.54) is 18.2 Å². The van der Waals surface area contributed by atoms with Crippen molar-refractivity contribution in [1.29, 1.82) is 0 Å². The van der Waals surface area contributed by atoms with Crippen LogP contribution in [-0.4, -0.2) is 36.6 Å². The Morgan fingerprint density at radius 3 is 2.56 bits per heavy atom. The van der Waals surface area contributed by atoms with Gasteiger partial charge in [-0.15, -0.1) is 0 Å². The largest absolute Gasteiger partial charge is 0.326 e. The highest BCUT2D eigenvalue weighted by molar-refractivity contribution is 7.92. The molecule has 0 bridgehead atoms. The predicted octanol–water partition coefficient (Wildman–Crippen LogP) is 4.05. The van der Waals surface area contributed by atoms with Gasteiger partial charge in [-0.3, -0.25) is 28.6 Å². The highest BCUT2D eigenvalue weighted by Gasteiger charge is 2.22. The van der Waals surface area contributed by atoms with Gasteiger partial charge in [-0.2, -0.15) is 0 Å². The number of nitrogens with one attached hydrogen (secondary N) is 1. The number of fused-ring (bicyclic) bond motifs is 1. The van der Waals surface area contributed by atoms with E-state index in [9.17, 15) is 28.1 Å². The van der Waals surface area contributed by atoms with E-state index < -0.39 is 14.9 Å². The van der Waals surface area contributed by atoms with E-state index in [2.05, 4.69) is 5.32 Å². The molecule has 3 rings (SSSR count). The fraction of sp³-hybridized carbons (Fsp3) is 0.364. The highest BCUT2D eigenvalue weighted by Crippen LogP contribution is 2.28. The second kappa shape index (κ2) is 9.94. The predicted molar refractivity (Wildman–Crippen MR) is 134 cm³/mol. The van der Waals surface area contributed by atoms with Crippen molar-refractivity contribution in [2.75, 3.05) is 22.4 Å². The average Bonchev–Trinajstić information content (AvgIpc) is 3.06. The summed E-state index contributed by atoms with van der Waals surface area (Å²) in [6.07, 6.45) is 1.27. The quantitative estimate of drug-likeness (QED) is 0.344. The van der Waals surface area contributed by atoms with E-state index in [-0.39, 0.29) is 47.6 Å². The number of sulfonamides is 1. The molecule has 0 atom stereocenters. The van der Waals surface area contributed by atoms with Crippen molar-refractivity contribution < 1.29 is 18.1 Å². The van der Waals surface area contributed by atoms with E-state index in [0.717, 1.165) is 32.1 Å². The fourth-order valence-electron chi connectivity index (χ4n) is 3.65. The number of non-ortho nitro benzene ring substituents is 1. The number of nitro groups is 1. The molecule has 3 aromatic rings. The Kier molecular flexibility index (Phi) is 7.41. The zero-order valence-electron chi connectivity index (χ0n) is 19.3. The van der Waals surface area contributed by atoms with Gasteiger partial charge in [-0.25, -0.2) is 8.42 Å². The summed E-state index contributed by atoms with van der Waals surface area (Å²) in [4.78, 5) is 35.1. The van der Waals surface area contributed by atoms with Crippen LogP contribution in [0, 0.1) is 17.0 Å². The molecular formula is C22H26N4O6S2. The molecule has 0 unspecified atom stereocenters. The Morgan fingerprint density at radius 2 is 1.94 bits per heavy atom. The van der Waals surface area contributed by atoms with Crippen LogP contribution in [0.3, 0.4) is 0 Å². The van der Waals surface area contributed by atoms with Gasteiger partial charge in [-0.1, -0.05) is 17.4 Å². The van der Waals surface area contributed by atoms with E-state index >= 15 is 0 Å². The number of nitrogens with zero attached hydrogens (tertiary/aromatic N) is 3. The minimum Gasteiger partial charge on any atom is -0.326 e. The lowest BCUT2D eigenvalue weighted by Gasteiger charge is -2.24. The summed E-state index contributed by atoms with van der Waals surface area (Å²) in [6.45, 7) is 5.52. The van der Waals surface area contributed by atoms with E-state index in [0.29, 0.717) is 11.3 Å². The van der Waals surface area contributed by atoms with Gasteiger partial charge >= 0.3 is 4.87 Å². The summed E-state index contributed by atoms with van der Waals surface area (Å²) in [7, 11) is -3.72. The maximum Gasteiger partial charge on any atom is 0.308 e. The molecule has 2 aromatic carbocycles. The summed E-state index contributed by atoms with van der Waals surface area (Å²) in [5, 5.41) is 13.9. The lowest BCUT2D eigenvalue weighted by Crippen LogP contribution is -2.32. The monoisotopic (exact) mass is 506 g/mol. The Morgan fingerprint density at radius 1 is 1.24 bits per heavy atom. The molecule has 12 heteroatoms. The van der Waals surface area contributed by atoms with Crippen LogP contribution in [0.5, 0.6) is 0 Å². The van der Waals surface area contributed by atoms with Gasteiger partial charge < -0.3 is 5.32 Å². The van der Waals surface area contributed by atoms with Gasteiger partial charge in [-0.05, 0) is 51.0 Å². The number of amides is 1. The molecule has 182 valence electrons. The summed E-state index contributed by atoms with van der Waals surface area (Å²) in [5.41, 5.74) is 1.92. The van der Waals surface area contributed by atoms with Crippen molar-refractivity contribution >= 4 is 54.5 Å². The molecule has 0 saturated heterocycles. The molecule has 0 aliphatic carbocycles. The number of carbonyl (C=O) groups is 1. The van der Waals surface area contributed by atoms with Crippen LogP contribution in [0.15, 0.2) is 41.2 Å². The first-order chi connectivity index (χ1) is 15.9. The molecule has 0 saturated carbocycles. The van der Waals surface area contributed by atoms with Crippen LogP contribution in [0.1, 0.15) is 38.3 Å². The number of aryl methyl sites for hydroxylation is 1. The van der Waals surface area contributed by atoms with Crippen LogP contribution >= 0.6 is 11.3 Å². The van der Waals surface area contributed by atoms with Gasteiger partial charge in [0.25, 0.3) is 5.69 Å². The van der Waals surface area contributed by atoms with E-state index in [1.807, 2.05) is 13.8 Å². The third-order valence-electron chi connectivity index (χ3n) is 5.25. The summed E-state index contributed by atoms with van der Waals surface area (Å²) < 4.78 is 28.3. The van der Waals surface area contributed by atoms with Crippen LogP contribution in [0.2, 0.25) is 0 Å². The topological polar surface area (TPSA) is 132 Å². The molecule has 1 heterocycles. The minimum absolute atomic E-state index is 0.00779. The molecule has 0 aliphatic rings. The van der Waals surface area contributed by atoms with E-state index in [1.54, 1.807) is 29.7 Å². The number of aromatic nitrogens is 1. The highest BCUT2D eigenvalue weighted by atomic mass is 32.2. The number of thiazole rings is 1. The summed E-state index contributed by atoms with van der Waals surface area (Å²) in [6, 6.07) is 9.31. The average molecular weight is 507 g/mol. The second-order valence-corrected chi connectivity index (χ2v) is 11.1. The van der Waals surface area contributed by atoms with Gasteiger partial charge in [0.2, 0.25) is 15.9 Å². The Hall–Kier alpha value is -3.25. The van der Waals surface area contributed by atoms with Gasteiger partial charge in [0.05, 0.1) is 27.1 Å². The zero-order valence-corrected chi connectivity index (χ0v) is 20.9. The van der Waals surface area contributed by atoms with Crippen molar-refractivity contribution in [1.82, 2.24) is 4.57 Å². The smallest absolute Gasteiger partial charge is 0.308 e. The van der Waals surface area contributed by atoms with E-state index in [4.69, 9.17) is 0 Å². The molecule has 0 aliphatic heterocycles. The normalized spacial score (nSPS) is 11.7. The van der Waals surface area contributed by atoms with Crippen molar-refractivity contribution in [3.05, 3.63) is 61.7 Å². The van der Waals surface area contributed by atoms with Crippen molar-refractivity contribution in [2.24, 2.45) is 0 Å². The molecule has 10 nitrogen and oxygen atoms in total. The number of hydrogen-bond donors (Lipinski definition) is 1. The standard InChI is InChI=1S/C22H26N4O6S2/c1-14(2)25-18-10-8-16(12-20(18)33-22(25)28)23-21(27)6-5-11-24(34(4,31)32)19-13-17(26(29)30)9-7-15(19)3/h7-10,12-14H,5-6,11H2,1-4H3,(H,23,27). The lowest BCUT2D eigenvalue weighted by molar-refractivity contribution is -0.384. The fourth-order valence-corrected chi connectivity index (χ4v) is 5.72. The van der Waals surface area contributed by atoms with Crippen molar-refractivity contribution in [3.63, 3.8) is 0 Å². The zero-order chi connectivity index (χ0) is 25.2. The molecular weight excluding hydrogens is 480 g/mol. The first-order valence-corrected chi connectivity index (χ1v) is 13.2.